The first-order valence-corrected chi connectivity index (χ1v) is 5.65. The Hall–Kier alpha value is -1.78. The van der Waals surface area contributed by atoms with Crippen molar-refractivity contribution in [2.24, 2.45) is 5.92 Å². The van der Waals surface area contributed by atoms with Gasteiger partial charge < -0.3 is 14.4 Å². The van der Waals surface area contributed by atoms with Crippen LogP contribution >= 0.6 is 0 Å². The Bertz CT molecular complexity index is 408. The summed E-state index contributed by atoms with van der Waals surface area (Å²) in [7, 11) is 0. The van der Waals surface area contributed by atoms with Crippen molar-refractivity contribution in [1.29, 1.82) is 0 Å². The second-order valence-corrected chi connectivity index (χ2v) is 4.44. The summed E-state index contributed by atoms with van der Waals surface area (Å²) in [5, 5.41) is 8.89. The quantitative estimate of drug-likeness (QED) is 0.844. The number of furan rings is 1. The Labute approximate surface area is 99.0 Å². The summed E-state index contributed by atoms with van der Waals surface area (Å²) in [4.78, 5) is 24.6. The molecule has 0 aliphatic heterocycles. The van der Waals surface area contributed by atoms with Crippen molar-refractivity contribution in [3.63, 3.8) is 0 Å². The zero-order valence-electron chi connectivity index (χ0n) is 9.63. The molecule has 0 aromatic carbocycles. The van der Waals surface area contributed by atoms with E-state index in [4.69, 9.17) is 9.52 Å². The summed E-state index contributed by atoms with van der Waals surface area (Å²) < 4.78 is 4.87. The van der Waals surface area contributed by atoms with Gasteiger partial charge >= 0.3 is 5.97 Å². The van der Waals surface area contributed by atoms with Crippen LogP contribution in [0, 0.1) is 5.92 Å². The van der Waals surface area contributed by atoms with Crippen molar-refractivity contribution in [2.75, 3.05) is 6.54 Å². The third-order valence-electron chi connectivity index (χ3n) is 2.91. The fraction of sp³-hybridized carbons (Fsp3) is 0.500. The summed E-state index contributed by atoms with van der Waals surface area (Å²) in [6.45, 7) is 1.87. The van der Waals surface area contributed by atoms with Gasteiger partial charge in [-0.2, -0.15) is 0 Å². The van der Waals surface area contributed by atoms with Crippen molar-refractivity contribution in [1.82, 2.24) is 4.90 Å². The number of carboxylic acid groups (broad SMARTS) is 1. The summed E-state index contributed by atoms with van der Waals surface area (Å²) in [5.41, 5.74) is 0.481. The lowest BCUT2D eigenvalue weighted by Gasteiger charge is -2.23. The van der Waals surface area contributed by atoms with Crippen molar-refractivity contribution in [3.05, 3.63) is 24.2 Å². The molecule has 0 saturated heterocycles. The highest BCUT2D eigenvalue weighted by Gasteiger charge is 2.35. The molecule has 1 aromatic rings. The number of hydrogen-bond donors (Lipinski definition) is 1. The Kier molecular flexibility index (Phi) is 3.17. The number of carboxylic acids is 1. The van der Waals surface area contributed by atoms with Crippen LogP contribution < -0.4 is 0 Å². The molecule has 1 N–H and O–H groups in total. The average molecular weight is 237 g/mol. The van der Waals surface area contributed by atoms with E-state index in [1.165, 1.54) is 12.5 Å². The van der Waals surface area contributed by atoms with E-state index in [1.807, 2.05) is 0 Å². The fourth-order valence-electron chi connectivity index (χ4n) is 1.71. The van der Waals surface area contributed by atoms with Gasteiger partial charge in [-0.05, 0) is 18.9 Å². The first-order chi connectivity index (χ1) is 8.09. The van der Waals surface area contributed by atoms with Crippen LogP contribution in [0.25, 0.3) is 0 Å². The van der Waals surface area contributed by atoms with Gasteiger partial charge in [-0.3, -0.25) is 9.59 Å². The molecule has 1 amide bonds. The minimum atomic E-state index is -0.879. The number of amides is 1. The van der Waals surface area contributed by atoms with Crippen LogP contribution in [0.5, 0.6) is 0 Å². The third kappa shape index (κ3) is 2.67. The van der Waals surface area contributed by atoms with Crippen molar-refractivity contribution >= 4 is 11.9 Å². The molecule has 1 aromatic heterocycles. The maximum atomic E-state index is 12.1. The molecule has 2 rings (SSSR count). The molecular weight excluding hydrogens is 222 g/mol. The third-order valence-corrected chi connectivity index (χ3v) is 2.91. The van der Waals surface area contributed by atoms with Crippen LogP contribution in [-0.4, -0.2) is 34.5 Å². The average Bonchev–Trinajstić information content (AvgIpc) is 2.98. The SMILES string of the molecule is C[C@H](CN(C(=O)c1ccoc1)C1CC1)C(=O)O. The highest BCUT2D eigenvalue weighted by molar-refractivity contribution is 5.94. The summed E-state index contributed by atoms with van der Waals surface area (Å²) >= 11 is 0. The lowest BCUT2D eigenvalue weighted by molar-refractivity contribution is -0.141. The zero-order chi connectivity index (χ0) is 12.4. The first-order valence-electron chi connectivity index (χ1n) is 5.65. The molecule has 92 valence electrons. The highest BCUT2D eigenvalue weighted by Crippen LogP contribution is 2.29. The molecule has 17 heavy (non-hydrogen) atoms. The molecule has 5 nitrogen and oxygen atoms in total. The molecule has 1 heterocycles. The second-order valence-electron chi connectivity index (χ2n) is 4.44. The standard InChI is InChI=1S/C12H15NO4/c1-8(12(15)16)6-13(10-2-3-10)11(14)9-4-5-17-7-9/h4-5,7-8,10H,2-3,6H2,1H3,(H,15,16)/t8-/m1/s1. The molecule has 1 fully saturated rings. The predicted molar refractivity (Wildman–Crippen MR) is 59.6 cm³/mol. The molecular formula is C12H15NO4. The minimum absolute atomic E-state index is 0.144. The van der Waals surface area contributed by atoms with E-state index in [-0.39, 0.29) is 18.5 Å². The van der Waals surface area contributed by atoms with Gasteiger partial charge in [0.25, 0.3) is 5.91 Å². The Balaban J connectivity index is 2.07. The van der Waals surface area contributed by atoms with Gasteiger partial charge in [-0.15, -0.1) is 0 Å². The fourth-order valence-corrected chi connectivity index (χ4v) is 1.71. The molecule has 0 bridgehead atoms. The topological polar surface area (TPSA) is 70.8 Å². The maximum Gasteiger partial charge on any atom is 0.308 e. The van der Waals surface area contributed by atoms with Crippen LogP contribution in [-0.2, 0) is 4.79 Å². The zero-order valence-corrected chi connectivity index (χ0v) is 9.63. The normalized spacial score (nSPS) is 16.5. The Morgan fingerprint density at radius 2 is 2.29 bits per heavy atom. The van der Waals surface area contributed by atoms with E-state index >= 15 is 0 Å². The first kappa shape index (κ1) is 11.7. The van der Waals surface area contributed by atoms with Crippen LogP contribution in [0.1, 0.15) is 30.1 Å². The smallest absolute Gasteiger partial charge is 0.308 e. The predicted octanol–water partition coefficient (Wildman–Crippen LogP) is 1.60. The molecule has 0 spiro atoms. The molecule has 0 radical (unpaired) electrons. The summed E-state index contributed by atoms with van der Waals surface area (Å²) in [6.07, 6.45) is 4.74. The minimum Gasteiger partial charge on any atom is -0.481 e. The van der Waals surface area contributed by atoms with Crippen molar-refractivity contribution in [3.8, 4) is 0 Å². The van der Waals surface area contributed by atoms with Gasteiger partial charge in [0.2, 0.25) is 0 Å². The van der Waals surface area contributed by atoms with E-state index in [0.717, 1.165) is 12.8 Å². The lowest BCUT2D eigenvalue weighted by atomic mass is 10.1. The van der Waals surface area contributed by atoms with Crippen LogP contribution in [0.3, 0.4) is 0 Å². The van der Waals surface area contributed by atoms with Gasteiger partial charge in [0.1, 0.15) is 6.26 Å². The number of carbonyl (C=O) groups is 2. The van der Waals surface area contributed by atoms with Gasteiger partial charge in [-0.25, -0.2) is 0 Å². The largest absolute Gasteiger partial charge is 0.481 e. The van der Waals surface area contributed by atoms with Gasteiger partial charge in [0.15, 0.2) is 0 Å². The molecule has 1 aliphatic carbocycles. The monoisotopic (exact) mass is 237 g/mol. The summed E-state index contributed by atoms with van der Waals surface area (Å²) in [6, 6.07) is 1.79. The number of aliphatic carboxylic acids is 1. The van der Waals surface area contributed by atoms with Crippen molar-refractivity contribution in [2.45, 2.75) is 25.8 Å². The lowest BCUT2D eigenvalue weighted by Crippen LogP contribution is -2.38. The number of rotatable bonds is 5. The van der Waals surface area contributed by atoms with E-state index in [2.05, 4.69) is 0 Å². The van der Waals surface area contributed by atoms with Crippen molar-refractivity contribution < 1.29 is 19.1 Å². The van der Waals surface area contributed by atoms with Gasteiger partial charge in [-0.1, -0.05) is 6.92 Å². The second kappa shape index (κ2) is 4.61. The molecule has 5 heteroatoms. The van der Waals surface area contributed by atoms with Crippen LogP contribution in [0.15, 0.2) is 23.0 Å². The van der Waals surface area contributed by atoms with Gasteiger partial charge in [0, 0.05) is 12.6 Å². The Morgan fingerprint density at radius 3 is 2.76 bits per heavy atom. The van der Waals surface area contributed by atoms with E-state index in [9.17, 15) is 9.59 Å². The number of hydrogen-bond acceptors (Lipinski definition) is 3. The van der Waals surface area contributed by atoms with E-state index < -0.39 is 11.9 Å². The number of carbonyl (C=O) groups excluding carboxylic acids is 1. The molecule has 1 saturated carbocycles. The number of nitrogens with zero attached hydrogens (tertiary/aromatic N) is 1. The Morgan fingerprint density at radius 1 is 1.59 bits per heavy atom. The molecule has 0 unspecified atom stereocenters. The van der Waals surface area contributed by atoms with E-state index in [0.29, 0.717) is 5.56 Å². The van der Waals surface area contributed by atoms with Gasteiger partial charge in [0.05, 0.1) is 17.7 Å². The maximum absolute atomic E-state index is 12.1. The highest BCUT2D eigenvalue weighted by atomic mass is 16.4. The van der Waals surface area contributed by atoms with E-state index in [1.54, 1.807) is 17.9 Å². The molecule has 1 atom stereocenters. The summed E-state index contributed by atoms with van der Waals surface area (Å²) in [5.74, 6) is -1.57. The molecule has 1 aliphatic rings. The van der Waals surface area contributed by atoms with Crippen LogP contribution in [0.2, 0.25) is 0 Å². The van der Waals surface area contributed by atoms with Crippen LogP contribution in [0.4, 0.5) is 0 Å².